The van der Waals surface area contributed by atoms with E-state index in [-0.39, 0.29) is 30.9 Å². The van der Waals surface area contributed by atoms with Gasteiger partial charge >= 0.3 is 0 Å². The van der Waals surface area contributed by atoms with Gasteiger partial charge in [-0.05, 0) is 6.42 Å². The lowest BCUT2D eigenvalue weighted by atomic mass is 10.1. The van der Waals surface area contributed by atoms with Gasteiger partial charge in [0.1, 0.15) is 0 Å². The average Bonchev–Trinajstić information content (AvgIpc) is 3.27. The third-order valence-corrected chi connectivity index (χ3v) is 4.40. The summed E-state index contributed by atoms with van der Waals surface area (Å²) in [6.07, 6.45) is 6.15. The van der Waals surface area contributed by atoms with Crippen LogP contribution in [0.1, 0.15) is 51.7 Å². The molecular weight excluding hydrogens is 352 g/mol. The van der Waals surface area contributed by atoms with Gasteiger partial charge < -0.3 is 25.6 Å². The highest BCUT2D eigenvalue weighted by Gasteiger charge is 2.29. The first-order valence-electron chi connectivity index (χ1n) is 9.30. The minimum Gasteiger partial charge on any atom is -0.391 e. The van der Waals surface area contributed by atoms with Crippen LogP contribution in [0.3, 0.4) is 0 Å². The second-order valence-electron chi connectivity index (χ2n) is 6.50. The number of carbonyl (C=O) groups is 1. The van der Waals surface area contributed by atoms with Crippen molar-refractivity contribution in [2.75, 3.05) is 24.3 Å². The van der Waals surface area contributed by atoms with E-state index < -0.39 is 12.5 Å². The Bertz CT molecular complexity index is 780. The van der Waals surface area contributed by atoms with Crippen molar-refractivity contribution < 1.29 is 19.4 Å². The number of anilines is 2. The maximum Gasteiger partial charge on any atom is 0.225 e. The van der Waals surface area contributed by atoms with Crippen LogP contribution in [0.25, 0.3) is 11.2 Å². The summed E-state index contributed by atoms with van der Waals surface area (Å²) < 4.78 is 12.5. The molecule has 10 nitrogen and oxygen atoms in total. The van der Waals surface area contributed by atoms with E-state index in [1.807, 2.05) is 0 Å². The predicted molar refractivity (Wildman–Crippen MR) is 98.7 cm³/mol. The molecule has 2 aromatic heterocycles. The van der Waals surface area contributed by atoms with Gasteiger partial charge in [-0.15, -0.1) is 0 Å². The van der Waals surface area contributed by atoms with Gasteiger partial charge in [-0.1, -0.05) is 32.6 Å². The molecule has 4 N–H and O–H groups in total. The molecule has 1 aliphatic rings. The number of hydrogen-bond donors (Lipinski definition) is 3. The van der Waals surface area contributed by atoms with Crippen LogP contribution in [0.5, 0.6) is 0 Å². The highest BCUT2D eigenvalue weighted by molar-refractivity contribution is 5.97. The molecule has 0 aromatic carbocycles. The summed E-state index contributed by atoms with van der Waals surface area (Å²) >= 11 is 0. The number of aromatic nitrogens is 4. The molecule has 2 atom stereocenters. The molecule has 1 amide bonds. The van der Waals surface area contributed by atoms with Crippen molar-refractivity contribution in [2.24, 2.45) is 0 Å². The average molecular weight is 378 g/mol. The Balaban J connectivity index is 1.70. The minimum atomic E-state index is -0.682. The summed E-state index contributed by atoms with van der Waals surface area (Å²) in [7, 11) is 0. The molecule has 0 spiro atoms. The van der Waals surface area contributed by atoms with Gasteiger partial charge in [0.2, 0.25) is 11.9 Å². The molecule has 1 saturated heterocycles. The van der Waals surface area contributed by atoms with Crippen LogP contribution < -0.4 is 11.1 Å². The zero-order chi connectivity index (χ0) is 19.2. The largest absolute Gasteiger partial charge is 0.391 e. The number of unbranched alkanes of at least 4 members (excludes halogenated alkanes) is 4. The van der Waals surface area contributed by atoms with E-state index >= 15 is 0 Å². The molecule has 2 aromatic rings. The van der Waals surface area contributed by atoms with Crippen LogP contribution in [0.2, 0.25) is 0 Å². The zero-order valence-corrected chi connectivity index (χ0v) is 15.4. The van der Waals surface area contributed by atoms with E-state index in [0.717, 1.165) is 19.3 Å². The quantitative estimate of drug-likeness (QED) is 0.559. The highest BCUT2D eigenvalue weighted by Crippen LogP contribution is 2.27. The van der Waals surface area contributed by atoms with E-state index in [9.17, 15) is 4.79 Å². The van der Waals surface area contributed by atoms with Gasteiger partial charge in [0.15, 0.2) is 29.5 Å². The summed E-state index contributed by atoms with van der Waals surface area (Å²) in [5.41, 5.74) is 6.68. The van der Waals surface area contributed by atoms with Crippen LogP contribution in [-0.4, -0.2) is 50.0 Å². The molecule has 148 valence electrons. The van der Waals surface area contributed by atoms with Gasteiger partial charge in [-0.3, -0.25) is 9.36 Å². The molecular formula is C17H26N6O4. The molecule has 0 unspecified atom stereocenters. The van der Waals surface area contributed by atoms with E-state index in [1.54, 1.807) is 4.57 Å². The van der Waals surface area contributed by atoms with Crippen molar-refractivity contribution in [3.8, 4) is 0 Å². The third-order valence-electron chi connectivity index (χ3n) is 4.40. The van der Waals surface area contributed by atoms with Gasteiger partial charge in [0.05, 0.1) is 19.5 Å². The number of aliphatic hydroxyl groups is 1. The van der Waals surface area contributed by atoms with Crippen LogP contribution in [0.4, 0.5) is 11.8 Å². The Morgan fingerprint density at radius 2 is 2.19 bits per heavy atom. The van der Waals surface area contributed by atoms with Gasteiger partial charge in [0.25, 0.3) is 0 Å². The van der Waals surface area contributed by atoms with Crippen molar-refractivity contribution in [3.63, 3.8) is 0 Å². The van der Waals surface area contributed by atoms with Gasteiger partial charge in [-0.2, -0.15) is 9.97 Å². The fourth-order valence-corrected chi connectivity index (χ4v) is 3.00. The summed E-state index contributed by atoms with van der Waals surface area (Å²) in [4.78, 5) is 24.9. The van der Waals surface area contributed by atoms with Gasteiger partial charge in [0, 0.05) is 6.42 Å². The van der Waals surface area contributed by atoms with Crippen molar-refractivity contribution in [2.45, 2.75) is 58.0 Å². The molecule has 0 radical (unpaired) electrons. The fraction of sp³-hybridized carbons (Fsp3) is 0.647. The molecule has 1 fully saturated rings. The van der Waals surface area contributed by atoms with Crippen LogP contribution in [-0.2, 0) is 14.3 Å². The molecule has 27 heavy (non-hydrogen) atoms. The molecule has 0 saturated carbocycles. The highest BCUT2D eigenvalue weighted by atomic mass is 16.7. The molecule has 3 heterocycles. The number of nitrogens with zero attached hydrogens (tertiary/aromatic N) is 4. The standard InChI is InChI=1S/C17H26N6O4/c1-2-3-4-5-6-7-11(25)20-15-14-16(22-17(18)21-15)23(10-19-14)12-9-26-13(8-24)27-12/h10,12-13,24H,2-9H2,1H3,(H3,18,20,21,22,25)/t12-,13-/m1/s1. The summed E-state index contributed by atoms with van der Waals surface area (Å²) in [5.74, 6) is 0.189. The third kappa shape index (κ3) is 4.71. The number of rotatable bonds is 9. The lowest BCUT2D eigenvalue weighted by Crippen LogP contribution is -2.16. The number of nitrogen functional groups attached to an aromatic ring is 1. The Morgan fingerprint density at radius 1 is 1.37 bits per heavy atom. The summed E-state index contributed by atoms with van der Waals surface area (Å²) in [5, 5.41) is 11.9. The first-order valence-corrected chi connectivity index (χ1v) is 9.30. The molecule has 0 bridgehead atoms. The van der Waals surface area contributed by atoms with Crippen molar-refractivity contribution in [1.29, 1.82) is 0 Å². The lowest BCUT2D eigenvalue weighted by molar-refractivity contribution is -0.116. The van der Waals surface area contributed by atoms with E-state index in [1.165, 1.54) is 19.2 Å². The van der Waals surface area contributed by atoms with Crippen molar-refractivity contribution >= 4 is 28.8 Å². The topological polar surface area (TPSA) is 137 Å². The first kappa shape index (κ1) is 19.5. The number of imidazole rings is 1. The van der Waals surface area contributed by atoms with Crippen molar-refractivity contribution in [1.82, 2.24) is 19.5 Å². The molecule has 0 aliphatic carbocycles. The Kier molecular flexibility index (Phi) is 6.54. The number of nitrogens with two attached hydrogens (primary N) is 1. The Hall–Kier alpha value is -2.30. The number of hydrogen-bond acceptors (Lipinski definition) is 8. The summed E-state index contributed by atoms with van der Waals surface area (Å²) in [6.45, 7) is 2.17. The minimum absolute atomic E-state index is 0.0279. The molecule has 3 rings (SSSR count). The van der Waals surface area contributed by atoms with E-state index in [2.05, 4.69) is 27.2 Å². The molecule has 10 heteroatoms. The maximum atomic E-state index is 12.2. The predicted octanol–water partition coefficient (Wildman–Crippen LogP) is 1.57. The SMILES string of the molecule is CCCCCCCC(=O)Nc1nc(N)nc2c1ncn2[C@H]1CO[C@@H](CO)O1. The monoisotopic (exact) mass is 378 g/mol. The van der Waals surface area contributed by atoms with Crippen LogP contribution >= 0.6 is 0 Å². The second kappa shape index (κ2) is 9.07. The zero-order valence-electron chi connectivity index (χ0n) is 15.4. The Morgan fingerprint density at radius 3 is 2.93 bits per heavy atom. The van der Waals surface area contributed by atoms with Crippen LogP contribution in [0.15, 0.2) is 6.33 Å². The Labute approximate surface area is 157 Å². The normalized spacial score (nSPS) is 19.6. The molecule has 1 aliphatic heterocycles. The first-order chi connectivity index (χ1) is 13.1. The van der Waals surface area contributed by atoms with Gasteiger partial charge in [-0.25, -0.2) is 4.98 Å². The number of amides is 1. The fourth-order valence-electron chi connectivity index (χ4n) is 3.00. The number of nitrogens with one attached hydrogen (secondary N) is 1. The maximum absolute atomic E-state index is 12.2. The second-order valence-corrected chi connectivity index (χ2v) is 6.50. The smallest absolute Gasteiger partial charge is 0.225 e. The van der Waals surface area contributed by atoms with E-state index in [0.29, 0.717) is 17.6 Å². The number of aliphatic hydroxyl groups excluding tert-OH is 1. The van der Waals surface area contributed by atoms with Crippen LogP contribution in [0, 0.1) is 0 Å². The number of ether oxygens (including phenoxy) is 2. The van der Waals surface area contributed by atoms with Crippen molar-refractivity contribution in [3.05, 3.63) is 6.33 Å². The lowest BCUT2D eigenvalue weighted by Gasteiger charge is -2.12. The summed E-state index contributed by atoms with van der Waals surface area (Å²) in [6, 6.07) is 0. The van der Waals surface area contributed by atoms with E-state index in [4.69, 9.17) is 20.3 Å². The number of carbonyl (C=O) groups excluding carboxylic acids is 1. The number of fused-ring (bicyclic) bond motifs is 1.